The first-order valence-corrected chi connectivity index (χ1v) is 8.46. The molecule has 2 heterocycles. The summed E-state index contributed by atoms with van der Waals surface area (Å²) < 4.78 is 0. The average Bonchev–Trinajstić information content (AvgIpc) is 2.89. The fourth-order valence-corrected chi connectivity index (χ4v) is 4.44. The highest BCUT2D eigenvalue weighted by atomic mass is 32.1. The van der Waals surface area contributed by atoms with Crippen LogP contribution < -0.4 is 5.32 Å². The van der Waals surface area contributed by atoms with Gasteiger partial charge in [-0.25, -0.2) is 4.98 Å². The topological polar surface area (TPSA) is 24.9 Å². The Morgan fingerprint density at radius 3 is 2.37 bits per heavy atom. The molecule has 2 aromatic heterocycles. The lowest BCUT2D eigenvalue weighted by atomic mass is 10.1. The molecule has 0 bridgehead atoms. The summed E-state index contributed by atoms with van der Waals surface area (Å²) in [6.45, 7) is 11.8. The SMILES string of the molecule is CCNC(c1nc(CC)c(C)s1)c1cc(C)sc1C. The quantitative estimate of drug-likeness (QED) is 0.884. The van der Waals surface area contributed by atoms with Crippen molar-refractivity contribution >= 4 is 22.7 Å². The number of thiophene rings is 1. The van der Waals surface area contributed by atoms with Crippen LogP contribution in [0.15, 0.2) is 6.07 Å². The molecule has 4 heteroatoms. The molecule has 1 N–H and O–H groups in total. The summed E-state index contributed by atoms with van der Waals surface area (Å²) in [5.41, 5.74) is 2.63. The van der Waals surface area contributed by atoms with E-state index < -0.39 is 0 Å². The van der Waals surface area contributed by atoms with Crippen LogP contribution in [0.5, 0.6) is 0 Å². The lowest BCUT2D eigenvalue weighted by Crippen LogP contribution is -2.22. The maximum atomic E-state index is 4.83. The number of aryl methyl sites for hydroxylation is 4. The van der Waals surface area contributed by atoms with Crippen molar-refractivity contribution in [3.05, 3.63) is 37.0 Å². The lowest BCUT2D eigenvalue weighted by molar-refractivity contribution is 0.624. The molecule has 2 rings (SSSR count). The van der Waals surface area contributed by atoms with E-state index in [1.165, 1.54) is 30.9 Å². The second kappa shape index (κ2) is 6.16. The van der Waals surface area contributed by atoms with Gasteiger partial charge in [-0.3, -0.25) is 0 Å². The molecule has 0 aliphatic heterocycles. The van der Waals surface area contributed by atoms with Gasteiger partial charge in [-0.15, -0.1) is 22.7 Å². The van der Waals surface area contributed by atoms with Crippen molar-refractivity contribution in [2.45, 2.75) is 47.1 Å². The van der Waals surface area contributed by atoms with Gasteiger partial charge in [0.15, 0.2) is 0 Å². The van der Waals surface area contributed by atoms with Crippen molar-refractivity contribution in [2.75, 3.05) is 6.54 Å². The highest BCUT2D eigenvalue weighted by molar-refractivity contribution is 7.12. The largest absolute Gasteiger partial charge is 0.305 e. The molecule has 0 aliphatic carbocycles. The van der Waals surface area contributed by atoms with Crippen molar-refractivity contribution in [3.8, 4) is 0 Å². The normalized spacial score (nSPS) is 12.9. The van der Waals surface area contributed by atoms with E-state index >= 15 is 0 Å². The fraction of sp³-hybridized carbons (Fsp3) is 0.533. The standard InChI is InChI=1S/C15H22N2S2/c1-6-13-11(5)19-15(17-13)14(16-7-2)12-8-9(3)18-10(12)4/h8,14,16H,6-7H2,1-5H3. The summed E-state index contributed by atoms with van der Waals surface area (Å²) in [6.07, 6.45) is 1.02. The van der Waals surface area contributed by atoms with Crippen LogP contribution >= 0.6 is 22.7 Å². The van der Waals surface area contributed by atoms with Gasteiger partial charge in [-0.1, -0.05) is 13.8 Å². The van der Waals surface area contributed by atoms with E-state index in [1.54, 1.807) is 0 Å². The first-order valence-electron chi connectivity index (χ1n) is 6.83. The van der Waals surface area contributed by atoms with Crippen LogP contribution in [-0.2, 0) is 6.42 Å². The zero-order valence-corrected chi connectivity index (χ0v) is 14.0. The molecule has 0 fully saturated rings. The molecule has 0 saturated carbocycles. The first-order chi connectivity index (χ1) is 9.06. The van der Waals surface area contributed by atoms with E-state index in [9.17, 15) is 0 Å². The maximum absolute atomic E-state index is 4.83. The van der Waals surface area contributed by atoms with Crippen LogP contribution in [0, 0.1) is 20.8 Å². The van der Waals surface area contributed by atoms with E-state index in [1.807, 2.05) is 22.7 Å². The Hall–Kier alpha value is -0.710. The van der Waals surface area contributed by atoms with Gasteiger partial charge in [-0.05, 0) is 45.4 Å². The van der Waals surface area contributed by atoms with Crippen LogP contribution in [0.4, 0.5) is 0 Å². The highest BCUT2D eigenvalue weighted by Gasteiger charge is 2.21. The van der Waals surface area contributed by atoms with Crippen LogP contribution in [0.1, 0.15) is 50.8 Å². The Labute approximate surface area is 123 Å². The number of thiazole rings is 1. The fourth-order valence-electron chi connectivity index (χ4n) is 2.37. The van der Waals surface area contributed by atoms with E-state index in [2.05, 4.69) is 46.0 Å². The Bertz CT molecular complexity index is 554. The molecule has 104 valence electrons. The van der Waals surface area contributed by atoms with Crippen LogP contribution in [0.3, 0.4) is 0 Å². The Morgan fingerprint density at radius 1 is 1.16 bits per heavy atom. The van der Waals surface area contributed by atoms with Gasteiger partial charge in [0.05, 0.1) is 11.7 Å². The molecule has 2 aromatic rings. The predicted octanol–water partition coefficient (Wildman–Crippen LogP) is 4.39. The summed E-state index contributed by atoms with van der Waals surface area (Å²) in [7, 11) is 0. The molecule has 1 atom stereocenters. The molecule has 0 aromatic carbocycles. The van der Waals surface area contributed by atoms with Gasteiger partial charge in [0, 0.05) is 14.6 Å². The molecule has 0 amide bonds. The smallest absolute Gasteiger partial charge is 0.115 e. The van der Waals surface area contributed by atoms with Crippen molar-refractivity contribution in [3.63, 3.8) is 0 Å². The molecule has 2 nitrogen and oxygen atoms in total. The Balaban J connectivity index is 2.41. The van der Waals surface area contributed by atoms with Gasteiger partial charge in [0.25, 0.3) is 0 Å². The highest BCUT2D eigenvalue weighted by Crippen LogP contribution is 2.33. The van der Waals surface area contributed by atoms with Crippen molar-refractivity contribution < 1.29 is 0 Å². The lowest BCUT2D eigenvalue weighted by Gasteiger charge is -2.15. The molecule has 0 aliphatic rings. The van der Waals surface area contributed by atoms with E-state index in [0.717, 1.165) is 13.0 Å². The van der Waals surface area contributed by atoms with Crippen molar-refractivity contribution in [1.29, 1.82) is 0 Å². The number of nitrogens with one attached hydrogen (secondary N) is 1. The second-order valence-corrected chi connectivity index (χ2v) is 7.46. The van der Waals surface area contributed by atoms with E-state index in [0.29, 0.717) is 0 Å². The minimum Gasteiger partial charge on any atom is -0.305 e. The average molecular weight is 294 g/mol. The molecule has 19 heavy (non-hydrogen) atoms. The van der Waals surface area contributed by atoms with Crippen LogP contribution in [0.2, 0.25) is 0 Å². The summed E-state index contributed by atoms with van der Waals surface area (Å²) in [6, 6.07) is 2.55. The third kappa shape index (κ3) is 3.07. The van der Waals surface area contributed by atoms with Crippen LogP contribution in [0.25, 0.3) is 0 Å². The molecular formula is C15H22N2S2. The third-order valence-corrected chi connectivity index (χ3v) is 5.35. The van der Waals surface area contributed by atoms with Crippen molar-refractivity contribution in [2.24, 2.45) is 0 Å². The predicted molar refractivity (Wildman–Crippen MR) is 85.5 cm³/mol. The number of rotatable bonds is 5. The van der Waals surface area contributed by atoms with Gasteiger partial charge in [-0.2, -0.15) is 0 Å². The van der Waals surface area contributed by atoms with Crippen molar-refractivity contribution in [1.82, 2.24) is 10.3 Å². The maximum Gasteiger partial charge on any atom is 0.115 e. The number of hydrogen-bond acceptors (Lipinski definition) is 4. The van der Waals surface area contributed by atoms with E-state index in [4.69, 9.17) is 4.98 Å². The van der Waals surface area contributed by atoms with Crippen LogP contribution in [-0.4, -0.2) is 11.5 Å². The summed E-state index contributed by atoms with van der Waals surface area (Å²) in [5, 5.41) is 4.79. The number of aromatic nitrogens is 1. The molecule has 1 unspecified atom stereocenters. The van der Waals surface area contributed by atoms with Gasteiger partial charge in [0.2, 0.25) is 0 Å². The molecule has 0 saturated heterocycles. The monoisotopic (exact) mass is 294 g/mol. The molecule has 0 spiro atoms. The Morgan fingerprint density at radius 2 is 1.89 bits per heavy atom. The first kappa shape index (κ1) is 14.7. The zero-order chi connectivity index (χ0) is 14.0. The van der Waals surface area contributed by atoms with Gasteiger partial charge in [0.1, 0.15) is 5.01 Å². The van der Waals surface area contributed by atoms with Gasteiger partial charge < -0.3 is 5.32 Å². The molecular weight excluding hydrogens is 272 g/mol. The van der Waals surface area contributed by atoms with E-state index in [-0.39, 0.29) is 6.04 Å². The third-order valence-electron chi connectivity index (χ3n) is 3.29. The summed E-state index contributed by atoms with van der Waals surface area (Å²) in [4.78, 5) is 8.96. The minimum absolute atomic E-state index is 0.249. The number of hydrogen-bond donors (Lipinski definition) is 1. The zero-order valence-electron chi connectivity index (χ0n) is 12.3. The summed E-state index contributed by atoms with van der Waals surface area (Å²) >= 11 is 3.70. The molecule has 0 radical (unpaired) electrons. The minimum atomic E-state index is 0.249. The number of nitrogens with zero attached hydrogens (tertiary/aromatic N) is 1. The Kier molecular flexibility index (Phi) is 4.76. The summed E-state index contributed by atoms with van der Waals surface area (Å²) in [5.74, 6) is 0. The second-order valence-electron chi connectivity index (χ2n) is 4.77. The van der Waals surface area contributed by atoms with Gasteiger partial charge >= 0.3 is 0 Å².